The molecule has 2 unspecified atom stereocenters. The summed E-state index contributed by atoms with van der Waals surface area (Å²) in [6.07, 6.45) is 3.36. The topological polar surface area (TPSA) is 124 Å². The van der Waals surface area contributed by atoms with Crippen LogP contribution in [0.5, 0.6) is 0 Å². The molecule has 3 aromatic heterocycles. The molecule has 10 heteroatoms. The Bertz CT molecular complexity index is 1390. The van der Waals surface area contributed by atoms with E-state index in [0.717, 1.165) is 5.56 Å². The van der Waals surface area contributed by atoms with Gasteiger partial charge in [0.1, 0.15) is 17.1 Å². The van der Waals surface area contributed by atoms with Crippen molar-refractivity contribution >= 4 is 5.91 Å². The molecule has 0 bridgehead atoms. The van der Waals surface area contributed by atoms with Crippen LogP contribution in [0.3, 0.4) is 0 Å². The second kappa shape index (κ2) is 9.87. The number of aliphatic hydroxyl groups is 1. The molecule has 2 atom stereocenters. The Morgan fingerprint density at radius 3 is 2.51 bits per heavy atom. The fourth-order valence-corrected chi connectivity index (χ4v) is 3.82. The van der Waals surface area contributed by atoms with Gasteiger partial charge in [0, 0.05) is 42.5 Å². The number of nitrogens with two attached hydrogens (primary N) is 1. The summed E-state index contributed by atoms with van der Waals surface area (Å²) in [5.74, 6) is -0.253. The number of amides is 1. The van der Waals surface area contributed by atoms with Crippen molar-refractivity contribution in [2.45, 2.75) is 44.8 Å². The monoisotopic (exact) mass is 505 g/mol. The molecule has 37 heavy (non-hydrogen) atoms. The Morgan fingerprint density at radius 1 is 1.19 bits per heavy atom. The lowest BCUT2D eigenvalue weighted by Crippen LogP contribution is -2.41. The van der Waals surface area contributed by atoms with Gasteiger partial charge in [-0.1, -0.05) is 13.8 Å². The van der Waals surface area contributed by atoms with Crippen molar-refractivity contribution in [3.63, 3.8) is 0 Å². The van der Waals surface area contributed by atoms with Gasteiger partial charge < -0.3 is 16.2 Å². The molecule has 1 amide bonds. The number of aromatic nitrogens is 5. The lowest BCUT2D eigenvalue weighted by molar-refractivity contribution is 0.0486. The summed E-state index contributed by atoms with van der Waals surface area (Å²) in [5, 5.41) is 22.7. The molecule has 0 aliphatic heterocycles. The number of aryl methyl sites for hydroxylation is 1. The Hall–Kier alpha value is -3.89. The normalized spacial score (nSPS) is 14.3. The van der Waals surface area contributed by atoms with Crippen LogP contribution in [0.25, 0.3) is 17.1 Å². The number of nitrogens with one attached hydrogen (secondary N) is 1. The molecule has 0 fully saturated rings. The molecule has 0 spiro atoms. The van der Waals surface area contributed by atoms with Gasteiger partial charge in [0.2, 0.25) is 0 Å². The zero-order valence-corrected chi connectivity index (χ0v) is 21.6. The van der Waals surface area contributed by atoms with E-state index in [1.54, 1.807) is 55.3 Å². The fraction of sp³-hybridized carbons (Fsp3) is 0.333. The molecule has 9 nitrogen and oxygen atoms in total. The van der Waals surface area contributed by atoms with Gasteiger partial charge >= 0.3 is 0 Å². The summed E-state index contributed by atoms with van der Waals surface area (Å²) in [6.45, 7) is 7.43. The van der Waals surface area contributed by atoms with Crippen molar-refractivity contribution in [2.75, 3.05) is 6.54 Å². The molecular weight excluding hydrogens is 473 g/mol. The Kier molecular flexibility index (Phi) is 6.98. The number of benzene rings is 1. The predicted molar refractivity (Wildman–Crippen MR) is 139 cm³/mol. The third-order valence-corrected chi connectivity index (χ3v) is 6.83. The van der Waals surface area contributed by atoms with Crippen LogP contribution in [-0.2, 0) is 18.1 Å². The largest absolute Gasteiger partial charge is 0.382 e. The van der Waals surface area contributed by atoms with E-state index >= 15 is 0 Å². The highest BCUT2D eigenvalue weighted by Crippen LogP contribution is 2.32. The van der Waals surface area contributed by atoms with E-state index in [0.29, 0.717) is 28.5 Å². The van der Waals surface area contributed by atoms with E-state index in [-0.39, 0.29) is 18.4 Å². The number of hydrogen-bond donors (Lipinski definition) is 3. The Balaban J connectivity index is 1.63. The molecule has 0 saturated carbocycles. The van der Waals surface area contributed by atoms with E-state index in [2.05, 4.69) is 15.5 Å². The number of nitrogens with zero attached hydrogens (tertiary/aromatic N) is 5. The molecule has 4 rings (SSSR count). The van der Waals surface area contributed by atoms with Crippen molar-refractivity contribution in [3.8, 4) is 17.1 Å². The van der Waals surface area contributed by atoms with Gasteiger partial charge in [-0.05, 0) is 61.9 Å². The number of hydrogen-bond acceptors (Lipinski definition) is 6. The molecule has 0 radical (unpaired) electrons. The average Bonchev–Trinajstić information content (AvgIpc) is 3.52. The standard InChI is InChI=1S/C27H32FN7O2/c1-17(29)26(2,3)19-13-21(18-7-9-20(28)10-8-18)32-23(14-19)27(4,37)16-30-25(36)22-15-24(33-34(22)5)35-12-6-11-31-35/h6-15,17,37H,16,29H2,1-5H3,(H,30,36). The first-order chi connectivity index (χ1) is 17.4. The summed E-state index contributed by atoms with van der Waals surface area (Å²) in [6, 6.07) is 12.9. The number of halogens is 1. The minimum Gasteiger partial charge on any atom is -0.382 e. The van der Waals surface area contributed by atoms with Crippen LogP contribution >= 0.6 is 0 Å². The second-order valence-corrected chi connectivity index (χ2v) is 10.1. The fourth-order valence-electron chi connectivity index (χ4n) is 3.82. The number of rotatable bonds is 8. The number of carbonyl (C=O) groups is 1. The zero-order chi connectivity index (χ0) is 27.0. The molecule has 194 valence electrons. The third-order valence-electron chi connectivity index (χ3n) is 6.83. The SMILES string of the molecule is CC(N)C(C)(C)c1cc(-c2ccc(F)cc2)nc(C(C)(O)CNC(=O)c2cc(-n3cccn3)nn2C)c1. The lowest BCUT2D eigenvalue weighted by atomic mass is 9.78. The smallest absolute Gasteiger partial charge is 0.269 e. The highest BCUT2D eigenvalue weighted by atomic mass is 19.1. The van der Waals surface area contributed by atoms with E-state index in [1.807, 2.05) is 32.9 Å². The van der Waals surface area contributed by atoms with Crippen LogP contribution in [0.1, 0.15) is 49.4 Å². The Labute approximate surface area is 215 Å². The van der Waals surface area contributed by atoms with Crippen molar-refractivity contribution in [1.82, 2.24) is 29.9 Å². The van der Waals surface area contributed by atoms with Crippen molar-refractivity contribution in [1.29, 1.82) is 0 Å². The van der Waals surface area contributed by atoms with Crippen LogP contribution in [0.4, 0.5) is 4.39 Å². The van der Waals surface area contributed by atoms with Gasteiger partial charge in [-0.3, -0.25) is 9.48 Å². The number of carbonyl (C=O) groups excluding carboxylic acids is 1. The van der Waals surface area contributed by atoms with Crippen LogP contribution in [0.2, 0.25) is 0 Å². The molecule has 3 heterocycles. The predicted octanol–water partition coefficient (Wildman–Crippen LogP) is 3.07. The summed E-state index contributed by atoms with van der Waals surface area (Å²) in [5.41, 5.74) is 7.14. The van der Waals surface area contributed by atoms with Crippen LogP contribution in [0.15, 0.2) is 60.9 Å². The van der Waals surface area contributed by atoms with Gasteiger partial charge in [-0.15, -0.1) is 0 Å². The van der Waals surface area contributed by atoms with E-state index in [4.69, 9.17) is 10.7 Å². The van der Waals surface area contributed by atoms with Crippen molar-refractivity contribution < 1.29 is 14.3 Å². The third kappa shape index (κ3) is 5.45. The maximum Gasteiger partial charge on any atom is 0.269 e. The van der Waals surface area contributed by atoms with Gasteiger partial charge in [0.15, 0.2) is 5.82 Å². The molecule has 4 aromatic rings. The molecular formula is C27H32FN7O2. The first-order valence-corrected chi connectivity index (χ1v) is 12.0. The van der Waals surface area contributed by atoms with Crippen molar-refractivity contribution in [2.24, 2.45) is 12.8 Å². The first kappa shape index (κ1) is 26.2. The summed E-state index contributed by atoms with van der Waals surface area (Å²) in [7, 11) is 1.66. The molecule has 0 aliphatic rings. The van der Waals surface area contributed by atoms with Crippen LogP contribution < -0.4 is 11.1 Å². The van der Waals surface area contributed by atoms with Gasteiger partial charge in [-0.2, -0.15) is 10.2 Å². The molecule has 4 N–H and O–H groups in total. The zero-order valence-electron chi connectivity index (χ0n) is 21.6. The molecule has 0 saturated heterocycles. The minimum absolute atomic E-state index is 0.105. The van der Waals surface area contributed by atoms with Crippen LogP contribution in [0, 0.1) is 5.82 Å². The van der Waals surface area contributed by atoms with Gasteiger partial charge in [-0.25, -0.2) is 14.1 Å². The Morgan fingerprint density at radius 2 is 1.89 bits per heavy atom. The summed E-state index contributed by atoms with van der Waals surface area (Å²) < 4.78 is 16.6. The highest BCUT2D eigenvalue weighted by Gasteiger charge is 2.32. The maximum atomic E-state index is 13.5. The maximum absolute atomic E-state index is 13.5. The first-order valence-electron chi connectivity index (χ1n) is 12.0. The van der Waals surface area contributed by atoms with Crippen molar-refractivity contribution in [3.05, 3.63) is 83.7 Å². The molecule has 1 aromatic carbocycles. The lowest BCUT2D eigenvalue weighted by Gasteiger charge is -2.32. The minimum atomic E-state index is -1.52. The van der Waals surface area contributed by atoms with Gasteiger partial charge in [0.05, 0.1) is 17.9 Å². The number of pyridine rings is 1. The summed E-state index contributed by atoms with van der Waals surface area (Å²) >= 11 is 0. The molecule has 0 aliphatic carbocycles. The van der Waals surface area contributed by atoms with Gasteiger partial charge in [0.25, 0.3) is 5.91 Å². The summed E-state index contributed by atoms with van der Waals surface area (Å²) in [4.78, 5) is 17.7. The van der Waals surface area contributed by atoms with E-state index in [1.165, 1.54) is 16.8 Å². The van der Waals surface area contributed by atoms with Crippen LogP contribution in [-0.4, -0.2) is 48.1 Å². The second-order valence-electron chi connectivity index (χ2n) is 10.1. The average molecular weight is 506 g/mol. The van der Waals surface area contributed by atoms with E-state index < -0.39 is 16.9 Å². The van der Waals surface area contributed by atoms with E-state index in [9.17, 15) is 14.3 Å². The quantitative estimate of drug-likeness (QED) is 0.338. The highest BCUT2D eigenvalue weighted by molar-refractivity contribution is 5.93.